The smallest absolute Gasteiger partial charge is 0.263 e. The molecule has 0 aliphatic carbocycles. The van der Waals surface area contributed by atoms with E-state index in [2.05, 4.69) is 22.5 Å². The molecule has 0 bridgehead atoms. The number of nitrogens with one attached hydrogen (secondary N) is 2. The predicted molar refractivity (Wildman–Crippen MR) is 85.0 cm³/mol. The van der Waals surface area contributed by atoms with Crippen molar-refractivity contribution in [3.63, 3.8) is 0 Å². The molecule has 0 aromatic carbocycles. The van der Waals surface area contributed by atoms with Crippen LogP contribution < -0.4 is 16.4 Å². The molecule has 4 N–H and O–H groups in total. The quantitative estimate of drug-likeness (QED) is 0.708. The predicted octanol–water partition coefficient (Wildman–Crippen LogP) is 0.949. The maximum atomic E-state index is 12.2. The van der Waals surface area contributed by atoms with E-state index < -0.39 is 6.04 Å². The number of carbonyl (C=O) groups is 2. The minimum Gasteiger partial charge on any atom is -0.354 e. The van der Waals surface area contributed by atoms with Gasteiger partial charge in [0.15, 0.2) is 0 Å². The highest BCUT2D eigenvalue weighted by Gasteiger charge is 2.19. The van der Waals surface area contributed by atoms with Crippen molar-refractivity contribution < 1.29 is 9.59 Å². The summed E-state index contributed by atoms with van der Waals surface area (Å²) in [5, 5.41) is 7.26. The molecular formula is C15H21N3O2S. The largest absolute Gasteiger partial charge is 0.354 e. The number of amides is 2. The minimum absolute atomic E-state index is 0.191. The van der Waals surface area contributed by atoms with Crippen LogP contribution in [0.5, 0.6) is 0 Å². The Bertz CT molecular complexity index is 555. The monoisotopic (exact) mass is 307 g/mol. The summed E-state index contributed by atoms with van der Waals surface area (Å²) in [6.07, 6.45) is 0. The second-order valence-electron chi connectivity index (χ2n) is 5.00. The lowest BCUT2D eigenvalue weighted by Crippen LogP contribution is -2.45. The van der Waals surface area contributed by atoms with Crippen molar-refractivity contribution in [2.75, 3.05) is 13.1 Å². The maximum Gasteiger partial charge on any atom is 0.263 e. The lowest BCUT2D eigenvalue weighted by molar-refractivity contribution is -0.122. The van der Waals surface area contributed by atoms with Crippen molar-refractivity contribution in [2.45, 2.75) is 26.8 Å². The lowest BCUT2D eigenvalue weighted by atomic mass is 10.2. The summed E-state index contributed by atoms with van der Waals surface area (Å²) in [6.45, 7) is 6.51. The Morgan fingerprint density at radius 1 is 1.38 bits per heavy atom. The van der Waals surface area contributed by atoms with Crippen LogP contribution in [0.2, 0.25) is 0 Å². The summed E-state index contributed by atoms with van der Waals surface area (Å²) in [7, 11) is 0. The molecule has 0 spiro atoms. The van der Waals surface area contributed by atoms with Gasteiger partial charge in [-0.1, -0.05) is 25.7 Å². The second kappa shape index (κ2) is 8.45. The van der Waals surface area contributed by atoms with Crippen LogP contribution in [0.15, 0.2) is 11.4 Å². The molecule has 0 saturated heterocycles. The van der Waals surface area contributed by atoms with E-state index in [1.807, 2.05) is 13.8 Å². The van der Waals surface area contributed by atoms with Crippen molar-refractivity contribution in [2.24, 2.45) is 11.7 Å². The Labute approximate surface area is 129 Å². The van der Waals surface area contributed by atoms with Crippen LogP contribution in [-0.4, -0.2) is 30.9 Å². The number of carbonyl (C=O) groups excluding carboxylic acids is 2. The Morgan fingerprint density at radius 2 is 2.10 bits per heavy atom. The van der Waals surface area contributed by atoms with Gasteiger partial charge in [-0.2, -0.15) is 0 Å². The second-order valence-corrected chi connectivity index (χ2v) is 5.92. The third-order valence-electron chi connectivity index (χ3n) is 2.62. The van der Waals surface area contributed by atoms with Gasteiger partial charge >= 0.3 is 0 Å². The summed E-state index contributed by atoms with van der Waals surface area (Å²) < 4.78 is 0. The molecule has 1 unspecified atom stereocenters. The zero-order valence-corrected chi connectivity index (χ0v) is 13.3. The molecule has 1 aromatic heterocycles. The van der Waals surface area contributed by atoms with Gasteiger partial charge in [0, 0.05) is 12.1 Å². The average Bonchev–Trinajstić information content (AvgIpc) is 2.90. The van der Waals surface area contributed by atoms with Gasteiger partial charge in [0.25, 0.3) is 5.91 Å². The van der Waals surface area contributed by atoms with E-state index in [1.54, 1.807) is 18.4 Å². The first kappa shape index (κ1) is 17.2. The van der Waals surface area contributed by atoms with Gasteiger partial charge < -0.3 is 16.4 Å². The average molecular weight is 307 g/mol. The standard InChI is InChI=1S/C15H21N3O2S/c1-10(2)9-17-14(19)11(3)18-15(20)13-12(5-4-7-16)6-8-21-13/h6,8,10-11H,7,9,16H2,1-3H3,(H,17,19)(H,18,20). The molecule has 6 heteroatoms. The van der Waals surface area contributed by atoms with Crippen LogP contribution in [-0.2, 0) is 4.79 Å². The Hall–Kier alpha value is -1.84. The third kappa shape index (κ3) is 5.58. The SMILES string of the molecule is CC(C)CNC(=O)C(C)NC(=O)c1sccc1C#CCN. The molecule has 114 valence electrons. The number of hydrogen-bond acceptors (Lipinski definition) is 4. The van der Waals surface area contributed by atoms with E-state index in [1.165, 1.54) is 11.3 Å². The van der Waals surface area contributed by atoms with Crippen molar-refractivity contribution in [1.82, 2.24) is 10.6 Å². The number of thiophene rings is 1. The summed E-state index contributed by atoms with van der Waals surface area (Å²) in [5.74, 6) is 5.45. The van der Waals surface area contributed by atoms with E-state index in [0.717, 1.165) is 0 Å². The van der Waals surface area contributed by atoms with E-state index in [4.69, 9.17) is 5.73 Å². The summed E-state index contributed by atoms with van der Waals surface area (Å²) in [6, 6.07) is 1.18. The fourth-order valence-corrected chi connectivity index (χ4v) is 2.27. The van der Waals surface area contributed by atoms with Gasteiger partial charge in [-0.3, -0.25) is 9.59 Å². The van der Waals surface area contributed by atoms with Crippen molar-refractivity contribution >= 4 is 23.2 Å². The number of nitrogens with two attached hydrogens (primary N) is 1. The first-order valence-electron chi connectivity index (χ1n) is 6.80. The van der Waals surface area contributed by atoms with E-state index >= 15 is 0 Å². The molecule has 0 aliphatic rings. The molecule has 21 heavy (non-hydrogen) atoms. The van der Waals surface area contributed by atoms with Crippen LogP contribution >= 0.6 is 11.3 Å². The van der Waals surface area contributed by atoms with Gasteiger partial charge in [-0.15, -0.1) is 11.3 Å². The molecule has 1 heterocycles. The minimum atomic E-state index is -0.589. The van der Waals surface area contributed by atoms with Crippen molar-refractivity contribution in [1.29, 1.82) is 0 Å². The molecule has 0 radical (unpaired) electrons. The molecule has 0 saturated carbocycles. The molecule has 1 atom stereocenters. The zero-order valence-electron chi connectivity index (χ0n) is 12.5. The molecule has 1 aromatic rings. The van der Waals surface area contributed by atoms with Gasteiger partial charge in [0.2, 0.25) is 5.91 Å². The van der Waals surface area contributed by atoms with Crippen LogP contribution in [0.4, 0.5) is 0 Å². The molecule has 5 nitrogen and oxygen atoms in total. The molecular weight excluding hydrogens is 286 g/mol. The number of hydrogen-bond donors (Lipinski definition) is 3. The summed E-state index contributed by atoms with van der Waals surface area (Å²) in [5.41, 5.74) is 5.96. The van der Waals surface area contributed by atoms with Crippen LogP contribution in [0.1, 0.15) is 36.0 Å². The van der Waals surface area contributed by atoms with Crippen LogP contribution in [0, 0.1) is 17.8 Å². The van der Waals surface area contributed by atoms with Gasteiger partial charge in [0.1, 0.15) is 10.9 Å². The zero-order chi connectivity index (χ0) is 15.8. The Kier molecular flexibility index (Phi) is 6.92. The molecule has 0 aliphatic heterocycles. The fourth-order valence-electron chi connectivity index (χ4n) is 1.52. The molecule has 0 fully saturated rings. The van der Waals surface area contributed by atoms with Gasteiger partial charge in [0.05, 0.1) is 6.54 Å². The highest BCUT2D eigenvalue weighted by molar-refractivity contribution is 7.12. The first-order valence-corrected chi connectivity index (χ1v) is 7.68. The van der Waals surface area contributed by atoms with Gasteiger partial charge in [-0.05, 0) is 24.3 Å². The highest BCUT2D eigenvalue weighted by Crippen LogP contribution is 2.15. The highest BCUT2D eigenvalue weighted by atomic mass is 32.1. The fraction of sp³-hybridized carbons (Fsp3) is 0.467. The van der Waals surface area contributed by atoms with E-state index in [9.17, 15) is 9.59 Å². The maximum absolute atomic E-state index is 12.2. The third-order valence-corrected chi connectivity index (χ3v) is 3.54. The topological polar surface area (TPSA) is 84.2 Å². The Balaban J connectivity index is 2.64. The lowest BCUT2D eigenvalue weighted by Gasteiger charge is -2.14. The first-order chi connectivity index (χ1) is 9.95. The van der Waals surface area contributed by atoms with E-state index in [-0.39, 0.29) is 18.4 Å². The number of rotatable bonds is 5. The summed E-state index contributed by atoms with van der Waals surface area (Å²) in [4.78, 5) is 24.5. The summed E-state index contributed by atoms with van der Waals surface area (Å²) >= 11 is 1.29. The van der Waals surface area contributed by atoms with Gasteiger partial charge in [-0.25, -0.2) is 0 Å². The molecule has 2 amide bonds. The van der Waals surface area contributed by atoms with Crippen LogP contribution in [0.3, 0.4) is 0 Å². The van der Waals surface area contributed by atoms with Crippen molar-refractivity contribution in [3.05, 3.63) is 21.9 Å². The van der Waals surface area contributed by atoms with Crippen LogP contribution in [0.25, 0.3) is 0 Å². The van der Waals surface area contributed by atoms with E-state index in [0.29, 0.717) is 22.9 Å². The molecule has 1 rings (SSSR count). The normalized spacial score (nSPS) is 11.5. The Morgan fingerprint density at radius 3 is 2.71 bits per heavy atom. The van der Waals surface area contributed by atoms with Crippen molar-refractivity contribution in [3.8, 4) is 11.8 Å².